The molecule has 1 N–H and O–H groups in total. The van der Waals surface area contributed by atoms with Gasteiger partial charge in [0.15, 0.2) is 0 Å². The van der Waals surface area contributed by atoms with Crippen LogP contribution in [-0.4, -0.2) is 63.5 Å². The van der Waals surface area contributed by atoms with E-state index >= 15 is 0 Å². The van der Waals surface area contributed by atoms with Crippen molar-refractivity contribution in [1.29, 1.82) is 0 Å². The van der Waals surface area contributed by atoms with Crippen LogP contribution in [0.1, 0.15) is 20.3 Å². The van der Waals surface area contributed by atoms with Crippen LogP contribution in [0.2, 0.25) is 0 Å². The molecule has 1 aliphatic heterocycles. The van der Waals surface area contributed by atoms with Crippen LogP contribution >= 0.6 is 0 Å². The minimum absolute atomic E-state index is 0.480. The van der Waals surface area contributed by atoms with E-state index in [2.05, 4.69) is 24.1 Å². The molecule has 1 rings (SSSR count). The summed E-state index contributed by atoms with van der Waals surface area (Å²) in [6.07, 6.45) is 1.11. The molecule has 1 saturated heterocycles. The summed E-state index contributed by atoms with van der Waals surface area (Å²) in [6.45, 7) is 10.2. The lowest BCUT2D eigenvalue weighted by Crippen LogP contribution is -2.48. The normalized spacial score (nSPS) is 21.9. The molecule has 16 heavy (non-hydrogen) atoms. The number of nitrogens with zero attached hydrogens (tertiary/aromatic N) is 1. The molecule has 0 spiro atoms. The van der Waals surface area contributed by atoms with Gasteiger partial charge in [-0.3, -0.25) is 4.90 Å². The molecular formula is C12H26N2O2. The lowest BCUT2D eigenvalue weighted by molar-refractivity contribution is 0.0192. The number of nitrogens with one attached hydrogen (secondary N) is 1. The van der Waals surface area contributed by atoms with Crippen molar-refractivity contribution in [2.45, 2.75) is 32.4 Å². The molecule has 2 unspecified atom stereocenters. The Morgan fingerprint density at radius 2 is 2.06 bits per heavy atom. The Labute approximate surface area is 99.3 Å². The van der Waals surface area contributed by atoms with Crippen LogP contribution in [-0.2, 0) is 9.47 Å². The Bertz CT molecular complexity index is 172. The van der Waals surface area contributed by atoms with Crippen LogP contribution < -0.4 is 5.32 Å². The van der Waals surface area contributed by atoms with Gasteiger partial charge in [0, 0.05) is 38.8 Å². The molecule has 0 bridgehead atoms. The monoisotopic (exact) mass is 230 g/mol. The maximum atomic E-state index is 5.35. The summed E-state index contributed by atoms with van der Waals surface area (Å²) < 4.78 is 10.5. The van der Waals surface area contributed by atoms with Gasteiger partial charge in [-0.05, 0) is 13.3 Å². The zero-order valence-electron chi connectivity index (χ0n) is 10.9. The van der Waals surface area contributed by atoms with E-state index in [0.717, 1.165) is 45.9 Å². The van der Waals surface area contributed by atoms with E-state index in [1.165, 1.54) is 0 Å². The first-order valence-electron chi connectivity index (χ1n) is 6.32. The molecule has 2 atom stereocenters. The zero-order chi connectivity index (χ0) is 11.8. The molecule has 1 aliphatic rings. The highest BCUT2D eigenvalue weighted by molar-refractivity contribution is 4.74. The van der Waals surface area contributed by atoms with Gasteiger partial charge in [-0.25, -0.2) is 0 Å². The second kappa shape index (κ2) is 8.01. The average molecular weight is 230 g/mol. The number of morpholine rings is 1. The molecule has 0 radical (unpaired) electrons. The van der Waals surface area contributed by atoms with Gasteiger partial charge in [-0.1, -0.05) is 6.92 Å². The fraction of sp³-hybridized carbons (Fsp3) is 1.00. The Kier molecular flexibility index (Phi) is 6.96. The van der Waals surface area contributed by atoms with Gasteiger partial charge in [-0.2, -0.15) is 0 Å². The van der Waals surface area contributed by atoms with Gasteiger partial charge in [0.1, 0.15) is 0 Å². The smallest absolute Gasteiger partial charge is 0.0615 e. The Morgan fingerprint density at radius 3 is 2.62 bits per heavy atom. The van der Waals surface area contributed by atoms with Crippen molar-refractivity contribution in [3.05, 3.63) is 0 Å². The van der Waals surface area contributed by atoms with E-state index in [1.54, 1.807) is 7.11 Å². The second-order valence-corrected chi connectivity index (χ2v) is 4.47. The highest BCUT2D eigenvalue weighted by Crippen LogP contribution is 2.03. The van der Waals surface area contributed by atoms with Crippen molar-refractivity contribution in [2.75, 3.05) is 46.6 Å². The van der Waals surface area contributed by atoms with Crippen LogP contribution in [0, 0.1) is 0 Å². The topological polar surface area (TPSA) is 33.7 Å². The van der Waals surface area contributed by atoms with E-state index < -0.39 is 0 Å². The third-order valence-electron chi connectivity index (χ3n) is 3.23. The van der Waals surface area contributed by atoms with Gasteiger partial charge in [0.2, 0.25) is 0 Å². The average Bonchev–Trinajstić information content (AvgIpc) is 2.35. The molecule has 0 amide bonds. The van der Waals surface area contributed by atoms with Crippen LogP contribution in [0.3, 0.4) is 0 Å². The van der Waals surface area contributed by atoms with Gasteiger partial charge >= 0.3 is 0 Å². The van der Waals surface area contributed by atoms with Crippen LogP contribution in [0.4, 0.5) is 0 Å². The van der Waals surface area contributed by atoms with Crippen LogP contribution in [0.25, 0.3) is 0 Å². The lowest BCUT2D eigenvalue weighted by Gasteiger charge is -2.33. The molecule has 0 aliphatic carbocycles. The zero-order valence-corrected chi connectivity index (χ0v) is 10.9. The molecule has 4 nitrogen and oxygen atoms in total. The number of rotatable bonds is 7. The fourth-order valence-corrected chi connectivity index (χ4v) is 2.01. The molecule has 0 aromatic heterocycles. The number of hydrogen-bond donors (Lipinski definition) is 1. The van der Waals surface area contributed by atoms with Crippen molar-refractivity contribution in [3.8, 4) is 0 Å². The molecule has 4 heteroatoms. The van der Waals surface area contributed by atoms with E-state index in [1.807, 2.05) is 0 Å². The van der Waals surface area contributed by atoms with E-state index in [4.69, 9.17) is 9.47 Å². The van der Waals surface area contributed by atoms with E-state index in [9.17, 15) is 0 Å². The first kappa shape index (κ1) is 13.9. The standard InChI is InChI=1S/C12H26N2O2/c1-4-12(10-15-3)13-9-11(2)14-5-7-16-8-6-14/h11-13H,4-10H2,1-3H3. The molecule has 0 aromatic carbocycles. The summed E-state index contributed by atoms with van der Waals surface area (Å²) in [6, 6.07) is 1.06. The Balaban J connectivity index is 2.19. The fourth-order valence-electron chi connectivity index (χ4n) is 2.01. The largest absolute Gasteiger partial charge is 0.383 e. The summed E-state index contributed by atoms with van der Waals surface area (Å²) in [4.78, 5) is 2.48. The predicted octanol–water partition coefficient (Wildman–Crippen LogP) is 0.722. The van der Waals surface area contributed by atoms with Crippen molar-refractivity contribution >= 4 is 0 Å². The molecule has 1 fully saturated rings. The molecule has 1 heterocycles. The van der Waals surface area contributed by atoms with E-state index in [0.29, 0.717) is 12.1 Å². The number of methoxy groups -OCH3 is 1. The minimum atomic E-state index is 0.480. The Morgan fingerprint density at radius 1 is 1.38 bits per heavy atom. The third-order valence-corrected chi connectivity index (χ3v) is 3.23. The Hall–Kier alpha value is -0.160. The predicted molar refractivity (Wildman–Crippen MR) is 65.8 cm³/mol. The summed E-state index contributed by atoms with van der Waals surface area (Å²) in [5.41, 5.74) is 0. The van der Waals surface area contributed by atoms with Crippen molar-refractivity contribution < 1.29 is 9.47 Å². The third kappa shape index (κ3) is 4.78. The molecular weight excluding hydrogens is 204 g/mol. The second-order valence-electron chi connectivity index (χ2n) is 4.47. The van der Waals surface area contributed by atoms with Gasteiger partial charge in [-0.15, -0.1) is 0 Å². The quantitative estimate of drug-likeness (QED) is 0.699. The van der Waals surface area contributed by atoms with Crippen molar-refractivity contribution in [3.63, 3.8) is 0 Å². The molecule has 0 saturated carbocycles. The van der Waals surface area contributed by atoms with Crippen molar-refractivity contribution in [2.24, 2.45) is 0 Å². The van der Waals surface area contributed by atoms with Crippen molar-refractivity contribution in [1.82, 2.24) is 10.2 Å². The van der Waals surface area contributed by atoms with Crippen LogP contribution in [0.15, 0.2) is 0 Å². The summed E-state index contributed by atoms with van der Waals surface area (Å²) >= 11 is 0. The first-order valence-corrected chi connectivity index (χ1v) is 6.32. The summed E-state index contributed by atoms with van der Waals surface area (Å²) in [5.74, 6) is 0. The maximum absolute atomic E-state index is 5.35. The van der Waals surface area contributed by atoms with Gasteiger partial charge < -0.3 is 14.8 Å². The highest BCUT2D eigenvalue weighted by atomic mass is 16.5. The van der Waals surface area contributed by atoms with E-state index in [-0.39, 0.29) is 0 Å². The maximum Gasteiger partial charge on any atom is 0.0615 e. The number of hydrogen-bond acceptors (Lipinski definition) is 4. The molecule has 96 valence electrons. The van der Waals surface area contributed by atoms with Gasteiger partial charge in [0.25, 0.3) is 0 Å². The highest BCUT2D eigenvalue weighted by Gasteiger charge is 2.17. The summed E-state index contributed by atoms with van der Waals surface area (Å²) in [7, 11) is 1.76. The minimum Gasteiger partial charge on any atom is -0.383 e. The van der Waals surface area contributed by atoms with Crippen LogP contribution in [0.5, 0.6) is 0 Å². The van der Waals surface area contributed by atoms with Gasteiger partial charge in [0.05, 0.1) is 19.8 Å². The summed E-state index contributed by atoms with van der Waals surface area (Å²) in [5, 5.41) is 3.56. The SMILES string of the molecule is CCC(COC)NCC(C)N1CCOCC1. The lowest BCUT2D eigenvalue weighted by atomic mass is 10.2. The number of ether oxygens (including phenoxy) is 2. The molecule has 0 aromatic rings. The first-order chi connectivity index (χ1) is 7.77.